The van der Waals surface area contributed by atoms with Crippen molar-refractivity contribution in [2.45, 2.75) is 11.9 Å². The van der Waals surface area contributed by atoms with Crippen LogP contribution in [0.5, 0.6) is 0 Å². The molecule has 0 aliphatic rings. The lowest BCUT2D eigenvalue weighted by Crippen LogP contribution is -2.18. The third kappa shape index (κ3) is 7.20. The zero-order chi connectivity index (χ0) is 11.4. The quantitative estimate of drug-likeness (QED) is 0.363. The molecule has 8 nitrogen and oxygen atoms in total. The molecule has 11 heteroatoms. The molecule has 0 spiro atoms. The Morgan fingerprint density at radius 2 is 1.71 bits per heavy atom. The van der Waals surface area contributed by atoms with Crippen LogP contribution in [0.3, 0.4) is 0 Å². The summed E-state index contributed by atoms with van der Waals surface area (Å²) in [7, 11) is -10.9. The first-order chi connectivity index (χ1) is 6.22. The van der Waals surface area contributed by atoms with Crippen LogP contribution in [0.1, 0.15) is 6.42 Å². The van der Waals surface area contributed by atoms with Gasteiger partial charge in [0.2, 0.25) is 0 Å². The van der Waals surface area contributed by atoms with Gasteiger partial charge in [0.1, 0.15) is 0 Å². The highest BCUT2D eigenvalue weighted by molar-refractivity contribution is 7.85. The van der Waals surface area contributed by atoms with Crippen molar-refractivity contribution in [2.75, 3.05) is 5.75 Å². The molecule has 1 atom stereocenters. The summed E-state index contributed by atoms with van der Waals surface area (Å²) in [5, 5.41) is 0. The standard InChI is InChI=1S/C3H8O8S3/c4-12(5)3(11-13(6)7)1-2-14(8,9)10/h3,12-13H,1-2H2,(H,8,9,10). The summed E-state index contributed by atoms with van der Waals surface area (Å²) in [6, 6.07) is 0. The molecule has 0 saturated carbocycles. The van der Waals surface area contributed by atoms with Crippen LogP contribution in [-0.2, 0) is 36.0 Å². The van der Waals surface area contributed by atoms with Crippen LogP contribution in [0, 0.1) is 0 Å². The number of hydrogen-bond acceptors (Lipinski definition) is 7. The highest BCUT2D eigenvalue weighted by Gasteiger charge is 2.17. The van der Waals surface area contributed by atoms with Crippen molar-refractivity contribution in [2.24, 2.45) is 0 Å². The van der Waals surface area contributed by atoms with E-state index in [9.17, 15) is 25.3 Å². The van der Waals surface area contributed by atoms with E-state index in [0.717, 1.165) is 0 Å². The lowest BCUT2D eigenvalue weighted by atomic mass is 10.5. The Kier molecular flexibility index (Phi) is 5.51. The van der Waals surface area contributed by atoms with Gasteiger partial charge in [0.05, 0.1) is 5.75 Å². The maximum Gasteiger partial charge on any atom is 0.264 e. The van der Waals surface area contributed by atoms with Crippen molar-refractivity contribution in [3.63, 3.8) is 0 Å². The third-order valence-corrected chi connectivity index (χ3v) is 3.24. The molecule has 1 unspecified atom stereocenters. The van der Waals surface area contributed by atoms with Crippen molar-refractivity contribution >= 4 is 31.8 Å². The van der Waals surface area contributed by atoms with E-state index in [1.54, 1.807) is 0 Å². The van der Waals surface area contributed by atoms with Gasteiger partial charge in [-0.15, -0.1) is 0 Å². The number of rotatable bonds is 6. The third-order valence-electron chi connectivity index (χ3n) is 1.07. The van der Waals surface area contributed by atoms with Gasteiger partial charge in [0.15, 0.2) is 16.1 Å². The van der Waals surface area contributed by atoms with E-state index >= 15 is 0 Å². The average molecular weight is 268 g/mol. The Labute approximate surface area is 83.7 Å². The summed E-state index contributed by atoms with van der Waals surface area (Å²) in [6.45, 7) is 0. The van der Waals surface area contributed by atoms with E-state index in [4.69, 9.17) is 4.55 Å². The molecule has 0 rings (SSSR count). The van der Waals surface area contributed by atoms with Crippen LogP contribution in [0.25, 0.3) is 0 Å². The fourth-order valence-corrected chi connectivity index (χ4v) is 2.42. The SMILES string of the molecule is O=[SH](=O)OC(CCS(=O)(=O)O)[SH](=O)=O. The molecule has 0 aliphatic heterocycles. The molecule has 14 heavy (non-hydrogen) atoms. The molecular formula is C3H8O8S3. The maximum absolute atomic E-state index is 10.3. The monoisotopic (exact) mass is 268 g/mol. The summed E-state index contributed by atoms with van der Waals surface area (Å²) in [6.07, 6.45) is -0.638. The first-order valence-corrected chi connectivity index (χ1v) is 7.07. The predicted octanol–water partition coefficient (Wildman–Crippen LogP) is -2.26. The fraction of sp³-hybridized carbons (Fsp3) is 1.00. The van der Waals surface area contributed by atoms with Gasteiger partial charge in [-0.1, -0.05) is 0 Å². The van der Waals surface area contributed by atoms with Crippen LogP contribution < -0.4 is 0 Å². The second-order valence-electron chi connectivity index (χ2n) is 2.14. The molecule has 0 saturated heterocycles. The largest absolute Gasteiger partial charge is 0.286 e. The predicted molar refractivity (Wildman–Crippen MR) is 46.5 cm³/mol. The Balaban J connectivity index is 4.40. The molecule has 0 fully saturated rings. The Morgan fingerprint density at radius 3 is 2.00 bits per heavy atom. The maximum atomic E-state index is 10.3. The van der Waals surface area contributed by atoms with Crippen LogP contribution in [0.2, 0.25) is 0 Å². The lowest BCUT2D eigenvalue weighted by molar-refractivity contribution is 0.289. The minimum atomic E-state index is -4.33. The summed E-state index contributed by atoms with van der Waals surface area (Å²) in [5.41, 5.74) is -1.76. The van der Waals surface area contributed by atoms with E-state index in [1.807, 2.05) is 0 Å². The Hall–Kier alpha value is -0.230. The summed E-state index contributed by atoms with van der Waals surface area (Å²) >= 11 is 0. The molecule has 1 N–H and O–H groups in total. The number of hydrogen-bond donors (Lipinski definition) is 3. The second-order valence-corrected chi connectivity index (χ2v) is 5.52. The zero-order valence-electron chi connectivity index (χ0n) is 6.60. The first kappa shape index (κ1) is 13.8. The van der Waals surface area contributed by atoms with Crippen LogP contribution >= 0.6 is 0 Å². The lowest BCUT2D eigenvalue weighted by Gasteiger charge is -2.04. The van der Waals surface area contributed by atoms with Gasteiger partial charge in [-0.25, -0.2) is 16.8 Å². The topological polar surface area (TPSA) is 132 Å². The normalized spacial score (nSPS) is 14.8. The van der Waals surface area contributed by atoms with Crippen molar-refractivity contribution in [1.29, 1.82) is 0 Å². The Bertz CT molecular complexity index is 397. The summed E-state index contributed by atoms with van der Waals surface area (Å²) in [4.78, 5) is 0. The van der Waals surface area contributed by atoms with E-state index in [0.29, 0.717) is 0 Å². The minimum Gasteiger partial charge on any atom is -0.286 e. The van der Waals surface area contributed by atoms with Crippen LogP contribution in [0.15, 0.2) is 0 Å². The second kappa shape index (κ2) is 5.60. The average Bonchev–Trinajstić information content (AvgIpc) is 1.94. The van der Waals surface area contributed by atoms with E-state index in [2.05, 4.69) is 4.18 Å². The van der Waals surface area contributed by atoms with Crippen molar-refractivity contribution in [3.8, 4) is 0 Å². The van der Waals surface area contributed by atoms with E-state index in [-0.39, 0.29) is 0 Å². The van der Waals surface area contributed by atoms with Gasteiger partial charge in [0.25, 0.3) is 21.1 Å². The first-order valence-electron chi connectivity index (χ1n) is 3.12. The molecule has 0 heterocycles. The van der Waals surface area contributed by atoms with Gasteiger partial charge in [-0.05, 0) is 0 Å². The van der Waals surface area contributed by atoms with E-state index < -0.39 is 49.4 Å². The summed E-state index contributed by atoms with van der Waals surface area (Å²) in [5.74, 6) is -0.885. The minimum absolute atomic E-state index is 0.638. The smallest absolute Gasteiger partial charge is 0.264 e. The highest BCUT2D eigenvalue weighted by Crippen LogP contribution is 2.02. The molecule has 0 aromatic heterocycles. The van der Waals surface area contributed by atoms with Gasteiger partial charge < -0.3 is 0 Å². The molecular weight excluding hydrogens is 260 g/mol. The van der Waals surface area contributed by atoms with Crippen molar-refractivity contribution in [1.82, 2.24) is 0 Å². The summed E-state index contributed by atoms with van der Waals surface area (Å²) < 4.78 is 73.1. The van der Waals surface area contributed by atoms with Crippen LogP contribution in [-0.4, -0.2) is 41.0 Å². The zero-order valence-corrected chi connectivity index (χ0v) is 9.20. The molecule has 0 aliphatic carbocycles. The Morgan fingerprint density at radius 1 is 1.21 bits per heavy atom. The molecule has 0 amide bonds. The highest BCUT2D eigenvalue weighted by atomic mass is 32.2. The van der Waals surface area contributed by atoms with Crippen molar-refractivity contribution in [3.05, 3.63) is 0 Å². The van der Waals surface area contributed by atoms with Gasteiger partial charge >= 0.3 is 0 Å². The molecule has 0 bridgehead atoms. The van der Waals surface area contributed by atoms with E-state index in [1.165, 1.54) is 0 Å². The molecule has 0 radical (unpaired) electrons. The molecule has 86 valence electrons. The number of thiol groups is 2. The molecule has 0 aromatic rings. The molecule has 0 aromatic carbocycles. The van der Waals surface area contributed by atoms with Gasteiger partial charge in [-0.3, -0.25) is 8.74 Å². The van der Waals surface area contributed by atoms with Crippen molar-refractivity contribution < 1.29 is 34.0 Å². The van der Waals surface area contributed by atoms with Gasteiger partial charge in [-0.2, -0.15) is 8.42 Å². The van der Waals surface area contributed by atoms with Gasteiger partial charge in [0, 0.05) is 6.42 Å². The van der Waals surface area contributed by atoms with Crippen LogP contribution in [0.4, 0.5) is 0 Å². The fourth-order valence-electron chi connectivity index (χ4n) is 0.546.